The van der Waals surface area contributed by atoms with Gasteiger partial charge in [0.2, 0.25) is 0 Å². The molecule has 1 fully saturated rings. The Bertz CT molecular complexity index is 476. The number of ether oxygens (including phenoxy) is 1. The molecule has 0 saturated carbocycles. The second-order valence-corrected chi connectivity index (χ2v) is 7.97. The van der Waals surface area contributed by atoms with Gasteiger partial charge < -0.3 is 10.1 Å². The van der Waals surface area contributed by atoms with Crippen molar-refractivity contribution in [2.24, 2.45) is 5.41 Å². The maximum Gasteiger partial charge on any atom is 0.0471 e. The van der Waals surface area contributed by atoms with Crippen molar-refractivity contribution in [1.82, 2.24) is 5.32 Å². The van der Waals surface area contributed by atoms with E-state index in [2.05, 4.69) is 26.1 Å². The van der Waals surface area contributed by atoms with Crippen LogP contribution in [0.2, 0.25) is 10.0 Å². The van der Waals surface area contributed by atoms with Crippen LogP contribution in [0, 0.1) is 5.41 Å². The summed E-state index contributed by atoms with van der Waals surface area (Å²) < 4.78 is 5.56. The summed E-state index contributed by atoms with van der Waals surface area (Å²) in [7, 11) is 0. The summed E-state index contributed by atoms with van der Waals surface area (Å²) in [4.78, 5) is 0. The van der Waals surface area contributed by atoms with Crippen LogP contribution in [0.3, 0.4) is 0 Å². The molecule has 0 aliphatic carbocycles. The van der Waals surface area contributed by atoms with Crippen LogP contribution in [0.5, 0.6) is 0 Å². The summed E-state index contributed by atoms with van der Waals surface area (Å²) >= 11 is 12.5. The van der Waals surface area contributed by atoms with Gasteiger partial charge in [0.15, 0.2) is 0 Å². The molecule has 1 aliphatic heterocycles. The van der Waals surface area contributed by atoms with Crippen LogP contribution in [0.15, 0.2) is 18.2 Å². The zero-order valence-electron chi connectivity index (χ0n) is 13.1. The predicted molar refractivity (Wildman–Crippen MR) is 90.4 cm³/mol. The number of nitrogens with one attached hydrogen (secondary N) is 1. The minimum atomic E-state index is 0.115. The molecule has 0 amide bonds. The Hall–Kier alpha value is -0.280. The zero-order chi connectivity index (χ0) is 15.5. The lowest BCUT2D eigenvalue weighted by molar-refractivity contribution is 0.0121. The van der Waals surface area contributed by atoms with E-state index in [4.69, 9.17) is 27.9 Å². The van der Waals surface area contributed by atoms with Crippen LogP contribution in [-0.4, -0.2) is 25.3 Å². The summed E-state index contributed by atoms with van der Waals surface area (Å²) in [6.07, 6.45) is 3.05. The van der Waals surface area contributed by atoms with E-state index in [1.165, 1.54) is 0 Å². The highest BCUT2D eigenvalue weighted by Gasteiger charge is 2.34. The molecule has 2 nitrogen and oxygen atoms in total. The molecule has 2 rings (SSSR count). The second kappa shape index (κ2) is 6.87. The maximum atomic E-state index is 6.36. The highest BCUT2D eigenvalue weighted by molar-refractivity contribution is 6.33. The number of halogens is 2. The second-order valence-electron chi connectivity index (χ2n) is 7.13. The van der Waals surface area contributed by atoms with Crippen LogP contribution >= 0.6 is 23.2 Å². The first-order valence-electron chi connectivity index (χ1n) is 7.56. The molecule has 0 radical (unpaired) electrons. The molecule has 1 heterocycles. The van der Waals surface area contributed by atoms with E-state index in [1.54, 1.807) is 0 Å². The molecular formula is C17H25Cl2NO. The van der Waals surface area contributed by atoms with Crippen molar-refractivity contribution in [3.05, 3.63) is 33.8 Å². The number of hydrogen-bond donors (Lipinski definition) is 1. The fourth-order valence-electron chi connectivity index (χ4n) is 2.76. The van der Waals surface area contributed by atoms with Crippen molar-refractivity contribution in [2.75, 3.05) is 19.8 Å². The first-order valence-corrected chi connectivity index (χ1v) is 8.32. The molecule has 1 aromatic carbocycles. The molecular weight excluding hydrogens is 305 g/mol. The minimum absolute atomic E-state index is 0.115. The first-order chi connectivity index (χ1) is 9.80. The third-order valence-electron chi connectivity index (χ3n) is 4.12. The van der Waals surface area contributed by atoms with Crippen LogP contribution in [-0.2, 0) is 11.2 Å². The summed E-state index contributed by atoms with van der Waals surface area (Å²) in [5.74, 6) is 0. The fourth-order valence-corrected chi connectivity index (χ4v) is 3.13. The van der Waals surface area contributed by atoms with E-state index in [0.717, 1.165) is 54.6 Å². The Morgan fingerprint density at radius 3 is 2.48 bits per heavy atom. The van der Waals surface area contributed by atoms with Gasteiger partial charge in [0, 0.05) is 35.3 Å². The molecule has 21 heavy (non-hydrogen) atoms. The molecule has 0 bridgehead atoms. The third kappa shape index (κ3) is 5.14. The summed E-state index contributed by atoms with van der Waals surface area (Å²) in [6.45, 7) is 9.22. The zero-order valence-corrected chi connectivity index (χ0v) is 14.7. The van der Waals surface area contributed by atoms with Gasteiger partial charge in [-0.1, -0.05) is 23.2 Å². The van der Waals surface area contributed by atoms with Gasteiger partial charge >= 0.3 is 0 Å². The largest absolute Gasteiger partial charge is 0.381 e. The Kier molecular flexibility index (Phi) is 5.59. The van der Waals surface area contributed by atoms with Crippen molar-refractivity contribution in [3.8, 4) is 0 Å². The normalized spacial score (nSPS) is 18.7. The average molecular weight is 330 g/mol. The predicted octanol–water partition coefficient (Wildman–Crippen LogP) is 4.72. The van der Waals surface area contributed by atoms with E-state index >= 15 is 0 Å². The number of hydrogen-bond acceptors (Lipinski definition) is 2. The van der Waals surface area contributed by atoms with Gasteiger partial charge in [-0.25, -0.2) is 0 Å². The fraction of sp³-hybridized carbons (Fsp3) is 0.647. The standard InChI is InChI=1S/C17H25Cl2NO/c1-16(2,3)20-12-17(6-8-21-9-7-17)11-13-10-14(18)4-5-15(13)19/h4-5,10,20H,6-9,11-12H2,1-3H3. The lowest BCUT2D eigenvalue weighted by Gasteiger charge is -2.40. The number of rotatable bonds is 4. The van der Waals surface area contributed by atoms with E-state index in [-0.39, 0.29) is 11.0 Å². The highest BCUT2D eigenvalue weighted by atomic mass is 35.5. The van der Waals surface area contributed by atoms with Crippen molar-refractivity contribution in [3.63, 3.8) is 0 Å². The minimum Gasteiger partial charge on any atom is -0.381 e. The SMILES string of the molecule is CC(C)(C)NCC1(Cc2cc(Cl)ccc2Cl)CCOCC1. The molecule has 1 saturated heterocycles. The third-order valence-corrected chi connectivity index (χ3v) is 4.72. The molecule has 0 unspecified atom stereocenters. The van der Waals surface area contributed by atoms with Gasteiger partial charge in [-0.3, -0.25) is 0 Å². The topological polar surface area (TPSA) is 21.3 Å². The molecule has 1 aliphatic rings. The molecule has 0 aromatic heterocycles. The van der Waals surface area contributed by atoms with Gasteiger partial charge in [-0.05, 0) is 69.2 Å². The lowest BCUT2D eigenvalue weighted by atomic mass is 9.74. The van der Waals surface area contributed by atoms with Crippen LogP contribution < -0.4 is 5.32 Å². The molecule has 118 valence electrons. The van der Waals surface area contributed by atoms with Crippen molar-refractivity contribution in [1.29, 1.82) is 0 Å². The number of benzene rings is 1. The highest BCUT2D eigenvalue weighted by Crippen LogP contribution is 2.36. The van der Waals surface area contributed by atoms with Crippen LogP contribution in [0.1, 0.15) is 39.2 Å². The Morgan fingerprint density at radius 2 is 1.86 bits per heavy atom. The molecule has 1 N–H and O–H groups in total. The molecule has 0 atom stereocenters. The molecule has 0 spiro atoms. The van der Waals surface area contributed by atoms with Gasteiger partial charge in [-0.2, -0.15) is 0 Å². The molecule has 4 heteroatoms. The van der Waals surface area contributed by atoms with Crippen LogP contribution in [0.25, 0.3) is 0 Å². The van der Waals surface area contributed by atoms with Crippen molar-refractivity contribution >= 4 is 23.2 Å². The first kappa shape index (κ1) is 17.1. The van der Waals surface area contributed by atoms with E-state index in [1.807, 2.05) is 18.2 Å². The van der Waals surface area contributed by atoms with Gasteiger partial charge in [0.05, 0.1) is 0 Å². The molecule has 1 aromatic rings. The van der Waals surface area contributed by atoms with Gasteiger partial charge in [0.25, 0.3) is 0 Å². The summed E-state index contributed by atoms with van der Waals surface area (Å²) in [5.41, 5.74) is 1.45. The van der Waals surface area contributed by atoms with Crippen LogP contribution in [0.4, 0.5) is 0 Å². The van der Waals surface area contributed by atoms with E-state index in [9.17, 15) is 0 Å². The summed E-state index contributed by atoms with van der Waals surface area (Å²) in [6, 6.07) is 5.74. The maximum absolute atomic E-state index is 6.36. The Labute approximate surface area is 138 Å². The smallest absolute Gasteiger partial charge is 0.0471 e. The van der Waals surface area contributed by atoms with E-state index in [0.29, 0.717) is 0 Å². The van der Waals surface area contributed by atoms with Crippen molar-refractivity contribution < 1.29 is 4.74 Å². The summed E-state index contributed by atoms with van der Waals surface area (Å²) in [5, 5.41) is 5.21. The quantitative estimate of drug-likeness (QED) is 0.862. The Balaban J connectivity index is 2.17. The average Bonchev–Trinajstić information content (AvgIpc) is 2.41. The Morgan fingerprint density at radius 1 is 1.19 bits per heavy atom. The van der Waals surface area contributed by atoms with Crippen molar-refractivity contribution in [2.45, 2.75) is 45.6 Å². The van der Waals surface area contributed by atoms with E-state index < -0.39 is 0 Å². The van der Waals surface area contributed by atoms with Gasteiger partial charge in [0.1, 0.15) is 0 Å². The monoisotopic (exact) mass is 329 g/mol. The lowest BCUT2D eigenvalue weighted by Crippen LogP contribution is -2.47. The van der Waals surface area contributed by atoms with Gasteiger partial charge in [-0.15, -0.1) is 0 Å².